The minimum absolute atomic E-state index is 0.00143. The summed E-state index contributed by atoms with van der Waals surface area (Å²) in [4.78, 5) is 29.6. The molecule has 0 radical (unpaired) electrons. The zero-order chi connectivity index (χ0) is 24.4. The molecule has 0 saturated carbocycles. The molecule has 1 atom stereocenters. The molecule has 0 amide bonds. The van der Waals surface area contributed by atoms with Crippen molar-refractivity contribution < 1.29 is 14.1 Å². The molecule has 0 saturated heterocycles. The van der Waals surface area contributed by atoms with Gasteiger partial charge in [-0.25, -0.2) is 0 Å². The standard InChI is InChI=1S/C31H35N2O2/c1-3-4-5-6-11-20-33(2)22-32(19-18-23-16-17-24-12-7-8-13-25(24)21-23)28-29(33)31(35)27-15-10-9-14-26(27)30(28)34/h7-10,12-17,21H,3-6,11,18-20,22H2,1-2H3/q+1. The van der Waals surface area contributed by atoms with E-state index in [0.717, 1.165) is 25.9 Å². The second-order valence-corrected chi connectivity index (χ2v) is 10.3. The molecule has 35 heavy (non-hydrogen) atoms. The normalized spacial score (nSPS) is 19.4. The van der Waals surface area contributed by atoms with Crippen molar-refractivity contribution in [3.63, 3.8) is 0 Å². The molecule has 0 bridgehead atoms. The van der Waals surface area contributed by atoms with Crippen LogP contribution in [0, 0.1) is 0 Å². The van der Waals surface area contributed by atoms with Crippen LogP contribution in [0.4, 0.5) is 0 Å². The second-order valence-electron chi connectivity index (χ2n) is 10.3. The Hall–Kier alpha value is -3.24. The Balaban J connectivity index is 1.42. The first-order chi connectivity index (χ1) is 17.0. The summed E-state index contributed by atoms with van der Waals surface area (Å²) in [5.74, 6) is 0.0287. The molecule has 0 fully saturated rings. The lowest BCUT2D eigenvalue weighted by molar-refractivity contribution is -0.869. The van der Waals surface area contributed by atoms with Crippen LogP contribution in [0.3, 0.4) is 0 Å². The van der Waals surface area contributed by atoms with Gasteiger partial charge in [0.25, 0.3) is 0 Å². The van der Waals surface area contributed by atoms with Gasteiger partial charge >= 0.3 is 0 Å². The van der Waals surface area contributed by atoms with E-state index in [0.29, 0.717) is 33.7 Å². The summed E-state index contributed by atoms with van der Waals surface area (Å²) in [5, 5.41) is 2.47. The van der Waals surface area contributed by atoms with E-state index in [1.54, 1.807) is 6.07 Å². The molecule has 4 nitrogen and oxygen atoms in total. The van der Waals surface area contributed by atoms with Crippen molar-refractivity contribution in [3.8, 4) is 0 Å². The maximum atomic E-state index is 13.7. The van der Waals surface area contributed by atoms with Crippen molar-refractivity contribution in [2.24, 2.45) is 0 Å². The fourth-order valence-electron chi connectivity index (χ4n) is 5.75. The molecule has 5 rings (SSSR count). The summed E-state index contributed by atoms with van der Waals surface area (Å²) in [6, 6.07) is 22.3. The number of unbranched alkanes of at least 4 members (excludes halogenated alkanes) is 4. The maximum absolute atomic E-state index is 13.7. The summed E-state index contributed by atoms with van der Waals surface area (Å²) < 4.78 is 0.526. The van der Waals surface area contributed by atoms with Gasteiger partial charge in [0, 0.05) is 17.7 Å². The Labute approximate surface area is 208 Å². The molecule has 3 aromatic carbocycles. The molecule has 180 valence electrons. The van der Waals surface area contributed by atoms with E-state index >= 15 is 0 Å². The SMILES string of the molecule is CCCCCCC[N+]1(C)CN(CCc2ccc3ccccc3c2)C2=C1C(=O)c1ccccc1C2=O. The van der Waals surface area contributed by atoms with Crippen molar-refractivity contribution >= 4 is 22.3 Å². The molecule has 1 unspecified atom stereocenters. The molecular weight excluding hydrogens is 432 g/mol. The highest BCUT2D eigenvalue weighted by Crippen LogP contribution is 2.39. The van der Waals surface area contributed by atoms with E-state index in [9.17, 15) is 9.59 Å². The highest BCUT2D eigenvalue weighted by atomic mass is 16.1. The third-order valence-corrected chi connectivity index (χ3v) is 7.65. The number of Topliss-reactive ketones (excluding diaryl/α,β-unsaturated/α-hetero) is 2. The van der Waals surface area contributed by atoms with Gasteiger partial charge in [-0.1, -0.05) is 92.9 Å². The molecule has 2 aliphatic rings. The minimum Gasteiger partial charge on any atom is -0.316 e. The third-order valence-electron chi connectivity index (χ3n) is 7.65. The summed E-state index contributed by atoms with van der Waals surface area (Å²) in [6.45, 7) is 4.51. The molecule has 3 aromatic rings. The fraction of sp³-hybridized carbons (Fsp3) is 0.355. The zero-order valence-corrected chi connectivity index (χ0v) is 20.9. The van der Waals surface area contributed by atoms with Crippen LogP contribution >= 0.6 is 0 Å². The van der Waals surface area contributed by atoms with Gasteiger partial charge in [-0.3, -0.25) is 14.1 Å². The minimum atomic E-state index is 0.00143. The van der Waals surface area contributed by atoms with Crippen LogP contribution in [0.2, 0.25) is 0 Å². The van der Waals surface area contributed by atoms with Crippen LogP contribution < -0.4 is 0 Å². The Bertz CT molecular complexity index is 1310. The lowest BCUT2D eigenvalue weighted by Gasteiger charge is -2.32. The maximum Gasteiger partial charge on any atom is 0.249 e. The number of ketones is 2. The zero-order valence-electron chi connectivity index (χ0n) is 20.9. The number of rotatable bonds is 9. The van der Waals surface area contributed by atoms with Crippen LogP contribution in [0.5, 0.6) is 0 Å². The number of carbonyl (C=O) groups excluding carboxylic acids is 2. The van der Waals surface area contributed by atoms with Crippen molar-refractivity contribution in [2.45, 2.75) is 45.4 Å². The predicted molar refractivity (Wildman–Crippen MR) is 141 cm³/mol. The molecule has 1 heterocycles. The van der Waals surface area contributed by atoms with Crippen molar-refractivity contribution in [1.29, 1.82) is 0 Å². The van der Waals surface area contributed by atoms with Gasteiger partial charge < -0.3 is 4.90 Å². The molecule has 1 aliphatic heterocycles. The van der Waals surface area contributed by atoms with Crippen LogP contribution in [0.1, 0.15) is 65.3 Å². The molecule has 1 aliphatic carbocycles. The summed E-state index contributed by atoms with van der Waals surface area (Å²) >= 11 is 0. The number of fused-ring (bicyclic) bond motifs is 2. The first kappa shape index (κ1) is 23.5. The predicted octanol–water partition coefficient (Wildman–Crippen LogP) is 6.36. The van der Waals surface area contributed by atoms with Gasteiger partial charge in [0.05, 0.1) is 13.6 Å². The number of quaternary nitrogens is 1. The monoisotopic (exact) mass is 467 g/mol. The van der Waals surface area contributed by atoms with E-state index in [1.807, 2.05) is 18.2 Å². The quantitative estimate of drug-likeness (QED) is 0.271. The Morgan fingerprint density at radius 2 is 1.49 bits per heavy atom. The molecule has 4 heteroatoms. The third kappa shape index (κ3) is 4.43. The topological polar surface area (TPSA) is 37.4 Å². The number of hydrogen-bond donors (Lipinski definition) is 0. The van der Waals surface area contributed by atoms with Crippen LogP contribution in [0.15, 0.2) is 78.1 Å². The highest BCUT2D eigenvalue weighted by molar-refractivity contribution is 6.26. The van der Waals surface area contributed by atoms with Crippen LogP contribution in [-0.2, 0) is 6.42 Å². The second kappa shape index (κ2) is 9.79. The number of nitrogens with zero attached hydrogens (tertiary/aromatic N) is 2. The first-order valence-electron chi connectivity index (χ1n) is 13.0. The molecular formula is C31H35N2O2+. The number of hydrogen-bond acceptors (Lipinski definition) is 3. The van der Waals surface area contributed by atoms with Gasteiger partial charge in [-0.2, -0.15) is 0 Å². The molecule has 0 spiro atoms. The average molecular weight is 468 g/mol. The lowest BCUT2D eigenvalue weighted by atomic mass is 9.89. The van der Waals surface area contributed by atoms with E-state index < -0.39 is 0 Å². The van der Waals surface area contributed by atoms with E-state index in [4.69, 9.17) is 0 Å². The number of allylic oxidation sites excluding steroid dienone is 2. The van der Waals surface area contributed by atoms with Gasteiger partial charge in [0.2, 0.25) is 17.3 Å². The van der Waals surface area contributed by atoms with Gasteiger partial charge in [0.15, 0.2) is 12.4 Å². The number of benzene rings is 3. The fourth-order valence-corrected chi connectivity index (χ4v) is 5.75. The first-order valence-corrected chi connectivity index (χ1v) is 13.0. The van der Waals surface area contributed by atoms with Crippen molar-refractivity contribution in [1.82, 2.24) is 4.90 Å². The Morgan fingerprint density at radius 1 is 0.800 bits per heavy atom. The van der Waals surface area contributed by atoms with E-state index in [-0.39, 0.29) is 11.6 Å². The van der Waals surface area contributed by atoms with Crippen molar-refractivity contribution in [3.05, 3.63) is 94.8 Å². The van der Waals surface area contributed by atoms with Gasteiger partial charge in [-0.15, -0.1) is 0 Å². The largest absolute Gasteiger partial charge is 0.316 e. The van der Waals surface area contributed by atoms with Gasteiger partial charge in [-0.05, 0) is 35.6 Å². The van der Waals surface area contributed by atoms with Crippen molar-refractivity contribution in [2.75, 3.05) is 26.8 Å². The van der Waals surface area contributed by atoms with E-state index in [2.05, 4.69) is 61.3 Å². The number of carbonyl (C=O) groups is 2. The Kier molecular flexibility index (Phi) is 6.57. The number of likely N-dealkylation sites (N-methyl/N-ethyl adjacent to an activating group) is 1. The van der Waals surface area contributed by atoms with Crippen LogP contribution in [0.25, 0.3) is 10.8 Å². The smallest absolute Gasteiger partial charge is 0.249 e. The highest BCUT2D eigenvalue weighted by Gasteiger charge is 2.51. The summed E-state index contributed by atoms with van der Waals surface area (Å²) in [6.07, 6.45) is 6.76. The van der Waals surface area contributed by atoms with Crippen LogP contribution in [-0.4, -0.2) is 47.8 Å². The molecule has 0 N–H and O–H groups in total. The lowest BCUT2D eigenvalue weighted by Crippen LogP contribution is -2.47. The summed E-state index contributed by atoms with van der Waals surface area (Å²) in [5.41, 5.74) is 3.68. The summed E-state index contributed by atoms with van der Waals surface area (Å²) in [7, 11) is 2.14. The van der Waals surface area contributed by atoms with E-state index in [1.165, 1.54) is 42.0 Å². The van der Waals surface area contributed by atoms with Gasteiger partial charge in [0.1, 0.15) is 0 Å². The Morgan fingerprint density at radius 3 is 2.26 bits per heavy atom. The molecule has 0 aromatic heterocycles. The average Bonchev–Trinajstić information content (AvgIpc) is 3.18.